The van der Waals surface area contributed by atoms with Crippen molar-refractivity contribution in [1.29, 1.82) is 0 Å². The molecule has 0 saturated carbocycles. The van der Waals surface area contributed by atoms with Crippen molar-refractivity contribution in [1.82, 2.24) is 0 Å². The van der Waals surface area contributed by atoms with E-state index < -0.39 is 0 Å². The molecule has 2 rings (SSSR count). The molecule has 0 aliphatic carbocycles. The molecule has 0 aromatic heterocycles. The average Bonchev–Trinajstić information content (AvgIpc) is 2.54. The van der Waals surface area contributed by atoms with Crippen molar-refractivity contribution in [2.45, 2.75) is 39.0 Å². The van der Waals surface area contributed by atoms with Crippen molar-refractivity contribution in [3.05, 3.63) is 70.0 Å². The van der Waals surface area contributed by atoms with Gasteiger partial charge in [0.15, 0.2) is 0 Å². The maximum atomic E-state index is 13.5. The van der Waals surface area contributed by atoms with Gasteiger partial charge in [-0.3, -0.25) is 4.79 Å². The van der Waals surface area contributed by atoms with Gasteiger partial charge >= 0.3 is 5.97 Å². The Morgan fingerprint density at radius 3 is 2.54 bits per heavy atom. The van der Waals surface area contributed by atoms with E-state index in [0.717, 1.165) is 27.8 Å². The summed E-state index contributed by atoms with van der Waals surface area (Å²) in [7, 11) is 0. The van der Waals surface area contributed by atoms with Crippen LogP contribution in [-0.4, -0.2) is 12.6 Å². The van der Waals surface area contributed by atoms with Crippen molar-refractivity contribution < 1.29 is 13.9 Å². The summed E-state index contributed by atoms with van der Waals surface area (Å²) < 4.78 is 18.6. The van der Waals surface area contributed by atoms with E-state index in [4.69, 9.17) is 16.3 Å². The highest BCUT2D eigenvalue weighted by atomic mass is 35.5. The van der Waals surface area contributed by atoms with Crippen LogP contribution in [0.1, 0.15) is 47.1 Å². The molecule has 1 atom stereocenters. The van der Waals surface area contributed by atoms with Crippen LogP contribution in [0.4, 0.5) is 4.39 Å². The van der Waals surface area contributed by atoms with Gasteiger partial charge in [0.1, 0.15) is 5.82 Å². The number of aryl methyl sites for hydroxylation is 2. The first-order chi connectivity index (χ1) is 11.5. The number of carbonyl (C=O) groups excluding carboxylic acids is 1. The van der Waals surface area contributed by atoms with E-state index in [9.17, 15) is 9.18 Å². The number of alkyl halides is 1. The molecule has 128 valence electrons. The monoisotopic (exact) mass is 348 g/mol. The zero-order valence-corrected chi connectivity index (χ0v) is 15.0. The number of hydrogen-bond acceptors (Lipinski definition) is 2. The summed E-state index contributed by atoms with van der Waals surface area (Å²) in [5.74, 6) is -0.322. The Morgan fingerprint density at radius 2 is 1.92 bits per heavy atom. The summed E-state index contributed by atoms with van der Waals surface area (Å²) in [5.41, 5.74) is 4.87. The van der Waals surface area contributed by atoms with Gasteiger partial charge in [0.05, 0.1) is 13.0 Å². The van der Waals surface area contributed by atoms with E-state index in [0.29, 0.717) is 12.5 Å². The van der Waals surface area contributed by atoms with E-state index in [2.05, 4.69) is 0 Å². The maximum absolute atomic E-state index is 13.5. The topological polar surface area (TPSA) is 26.3 Å². The van der Waals surface area contributed by atoms with Crippen LogP contribution in [0.25, 0.3) is 0 Å². The molecular formula is C20H22ClFO2. The number of benzene rings is 2. The lowest BCUT2D eigenvalue weighted by Gasteiger charge is -2.20. The summed E-state index contributed by atoms with van der Waals surface area (Å²) >= 11 is 6.02. The number of hydrogen-bond donors (Lipinski definition) is 0. The largest absolute Gasteiger partial charge is 0.466 e. The molecule has 0 spiro atoms. The van der Waals surface area contributed by atoms with Gasteiger partial charge in [0.25, 0.3) is 0 Å². The van der Waals surface area contributed by atoms with E-state index in [1.165, 1.54) is 12.1 Å². The Morgan fingerprint density at radius 1 is 1.17 bits per heavy atom. The molecule has 0 N–H and O–H groups in total. The minimum Gasteiger partial charge on any atom is -0.466 e. The van der Waals surface area contributed by atoms with Gasteiger partial charge in [-0.15, -0.1) is 11.6 Å². The fourth-order valence-electron chi connectivity index (χ4n) is 2.88. The van der Waals surface area contributed by atoms with E-state index in [1.807, 2.05) is 32.0 Å². The molecule has 2 aromatic rings. The fourth-order valence-corrected chi connectivity index (χ4v) is 3.16. The van der Waals surface area contributed by atoms with Gasteiger partial charge in [-0.25, -0.2) is 4.39 Å². The predicted molar refractivity (Wildman–Crippen MR) is 95.0 cm³/mol. The lowest BCUT2D eigenvalue weighted by Crippen LogP contribution is -2.13. The first kappa shape index (κ1) is 18.5. The molecule has 0 fully saturated rings. The molecule has 0 saturated heterocycles. The third-order valence-corrected chi connectivity index (χ3v) is 4.49. The molecule has 0 aliphatic rings. The number of esters is 1. The fraction of sp³-hybridized carbons (Fsp3) is 0.350. The highest BCUT2D eigenvalue weighted by molar-refractivity contribution is 6.17. The molecule has 0 aliphatic heterocycles. The maximum Gasteiger partial charge on any atom is 0.306 e. The van der Waals surface area contributed by atoms with Crippen molar-refractivity contribution in [2.75, 3.05) is 6.61 Å². The van der Waals surface area contributed by atoms with Crippen molar-refractivity contribution >= 4 is 17.6 Å². The molecule has 24 heavy (non-hydrogen) atoms. The van der Waals surface area contributed by atoms with Gasteiger partial charge in [-0.05, 0) is 60.7 Å². The van der Waals surface area contributed by atoms with Crippen LogP contribution < -0.4 is 0 Å². The molecule has 0 heterocycles. The van der Waals surface area contributed by atoms with Gasteiger partial charge < -0.3 is 4.74 Å². The van der Waals surface area contributed by atoms with E-state index >= 15 is 0 Å². The third-order valence-electron chi connectivity index (χ3n) is 4.20. The number of rotatable bonds is 6. The Bertz CT molecular complexity index is 728. The van der Waals surface area contributed by atoms with Crippen LogP contribution >= 0.6 is 11.6 Å². The minimum atomic E-state index is -0.281. The SMILES string of the molecule is CCOC(=O)CC(c1ccc(C)c(CCl)c1)c1ccc(F)cc1C. The van der Waals surface area contributed by atoms with Crippen LogP contribution in [0.2, 0.25) is 0 Å². The third kappa shape index (κ3) is 4.35. The zero-order valence-electron chi connectivity index (χ0n) is 14.2. The van der Waals surface area contributed by atoms with Gasteiger partial charge in [-0.2, -0.15) is 0 Å². The number of ether oxygens (including phenoxy) is 1. The molecule has 2 aromatic carbocycles. The van der Waals surface area contributed by atoms with E-state index in [-0.39, 0.29) is 24.1 Å². The standard InChI is InChI=1S/C20H22ClFO2/c1-4-24-20(23)11-19(18-8-7-17(22)9-14(18)3)15-6-5-13(2)16(10-15)12-21/h5-10,19H,4,11-12H2,1-3H3. The number of halogens is 2. The van der Waals surface area contributed by atoms with Crippen molar-refractivity contribution in [3.8, 4) is 0 Å². The molecule has 2 nitrogen and oxygen atoms in total. The van der Waals surface area contributed by atoms with Gasteiger partial charge in [-0.1, -0.05) is 24.3 Å². The first-order valence-electron chi connectivity index (χ1n) is 8.03. The number of carbonyl (C=O) groups is 1. The highest BCUT2D eigenvalue weighted by Gasteiger charge is 2.21. The quantitative estimate of drug-likeness (QED) is 0.525. The van der Waals surface area contributed by atoms with Crippen LogP contribution in [0.5, 0.6) is 0 Å². The molecule has 1 unspecified atom stereocenters. The molecular weight excluding hydrogens is 327 g/mol. The Kier molecular flexibility index (Phi) is 6.38. The van der Waals surface area contributed by atoms with Crippen LogP contribution in [0.3, 0.4) is 0 Å². The smallest absolute Gasteiger partial charge is 0.306 e. The second-order valence-electron chi connectivity index (χ2n) is 5.88. The summed E-state index contributed by atoms with van der Waals surface area (Å²) in [6.45, 7) is 5.99. The van der Waals surface area contributed by atoms with Crippen LogP contribution in [0.15, 0.2) is 36.4 Å². The molecule has 0 bridgehead atoms. The molecule has 0 amide bonds. The molecule has 4 heteroatoms. The summed E-state index contributed by atoms with van der Waals surface area (Å²) in [5, 5.41) is 0. The second kappa shape index (κ2) is 8.29. The molecule has 0 radical (unpaired) electrons. The lowest BCUT2D eigenvalue weighted by molar-refractivity contribution is -0.143. The summed E-state index contributed by atoms with van der Waals surface area (Å²) in [6.07, 6.45) is 0.213. The summed E-state index contributed by atoms with van der Waals surface area (Å²) in [6, 6.07) is 10.7. The van der Waals surface area contributed by atoms with E-state index in [1.54, 1.807) is 13.0 Å². The van der Waals surface area contributed by atoms with Gasteiger partial charge in [0, 0.05) is 11.8 Å². The van der Waals surface area contributed by atoms with Crippen molar-refractivity contribution in [3.63, 3.8) is 0 Å². The van der Waals surface area contributed by atoms with Gasteiger partial charge in [0.2, 0.25) is 0 Å². The Labute approximate surface area is 147 Å². The van der Waals surface area contributed by atoms with Crippen LogP contribution in [-0.2, 0) is 15.4 Å². The zero-order chi connectivity index (χ0) is 17.7. The normalized spacial score (nSPS) is 12.0. The predicted octanol–water partition coefficient (Wildman–Crippen LogP) is 5.27. The Hall–Kier alpha value is -1.87. The first-order valence-corrected chi connectivity index (χ1v) is 8.56. The highest BCUT2D eigenvalue weighted by Crippen LogP contribution is 2.32. The summed E-state index contributed by atoms with van der Waals surface area (Å²) in [4.78, 5) is 12.1. The minimum absolute atomic E-state index is 0.188. The van der Waals surface area contributed by atoms with Crippen molar-refractivity contribution in [2.24, 2.45) is 0 Å². The lowest BCUT2D eigenvalue weighted by atomic mass is 9.85. The average molecular weight is 349 g/mol. The van der Waals surface area contributed by atoms with Crippen LogP contribution in [0, 0.1) is 19.7 Å². The second-order valence-corrected chi connectivity index (χ2v) is 6.15. The Balaban J connectivity index is 2.48.